The Morgan fingerprint density at radius 3 is 2.77 bits per heavy atom. The SMILES string of the molecule is CC(C)(C)OC(=O)N1CC2CC(Nc3ccc(Br)cn3)C1C2. The normalized spacial score (nSPS) is 27.1. The maximum absolute atomic E-state index is 12.3. The number of nitrogens with one attached hydrogen (secondary N) is 1. The number of likely N-dealkylation sites (tertiary alicyclic amines) is 1. The van der Waals surface area contributed by atoms with Crippen molar-refractivity contribution in [3.8, 4) is 0 Å². The van der Waals surface area contributed by atoms with Crippen LogP contribution in [0.4, 0.5) is 10.6 Å². The van der Waals surface area contributed by atoms with Crippen LogP contribution in [0.1, 0.15) is 33.6 Å². The Balaban J connectivity index is 1.66. The van der Waals surface area contributed by atoms with Crippen molar-refractivity contribution in [3.05, 3.63) is 22.8 Å². The fourth-order valence-electron chi connectivity index (χ4n) is 3.36. The second-order valence-electron chi connectivity index (χ2n) is 7.15. The summed E-state index contributed by atoms with van der Waals surface area (Å²) in [5.74, 6) is 1.41. The molecule has 0 aromatic carbocycles. The van der Waals surface area contributed by atoms with Crippen molar-refractivity contribution in [2.75, 3.05) is 11.9 Å². The van der Waals surface area contributed by atoms with Crippen molar-refractivity contribution in [1.29, 1.82) is 0 Å². The highest BCUT2D eigenvalue weighted by atomic mass is 79.9. The highest BCUT2D eigenvalue weighted by Crippen LogP contribution is 2.39. The Morgan fingerprint density at radius 1 is 1.41 bits per heavy atom. The van der Waals surface area contributed by atoms with Gasteiger partial charge in [0.05, 0.1) is 6.04 Å². The van der Waals surface area contributed by atoms with Gasteiger partial charge in [-0.3, -0.25) is 0 Å². The van der Waals surface area contributed by atoms with E-state index < -0.39 is 5.60 Å². The third-order valence-electron chi connectivity index (χ3n) is 4.17. The van der Waals surface area contributed by atoms with E-state index in [1.165, 1.54) is 0 Å². The molecule has 3 unspecified atom stereocenters. The highest BCUT2D eigenvalue weighted by molar-refractivity contribution is 9.10. The number of fused-ring (bicyclic) bond motifs is 2. The minimum Gasteiger partial charge on any atom is -0.444 e. The molecule has 1 aliphatic carbocycles. The number of hydrogen-bond acceptors (Lipinski definition) is 4. The second kappa shape index (κ2) is 5.72. The highest BCUT2D eigenvalue weighted by Gasteiger charge is 2.48. The number of halogens is 1. The van der Waals surface area contributed by atoms with Gasteiger partial charge in [0.1, 0.15) is 11.4 Å². The molecule has 2 aliphatic rings. The number of piperidine rings is 1. The number of carbonyl (C=O) groups is 1. The van der Waals surface area contributed by atoms with E-state index in [-0.39, 0.29) is 18.2 Å². The van der Waals surface area contributed by atoms with Gasteiger partial charge in [-0.15, -0.1) is 0 Å². The van der Waals surface area contributed by atoms with E-state index in [0.29, 0.717) is 5.92 Å². The maximum atomic E-state index is 12.3. The van der Waals surface area contributed by atoms with Gasteiger partial charge in [0, 0.05) is 23.3 Å². The van der Waals surface area contributed by atoms with Gasteiger partial charge in [-0.25, -0.2) is 9.78 Å². The van der Waals surface area contributed by atoms with E-state index in [1.807, 2.05) is 37.8 Å². The molecule has 0 spiro atoms. The number of ether oxygens (including phenoxy) is 1. The fourth-order valence-corrected chi connectivity index (χ4v) is 3.60. The van der Waals surface area contributed by atoms with Crippen LogP contribution in [0, 0.1) is 5.92 Å². The van der Waals surface area contributed by atoms with Gasteiger partial charge in [-0.1, -0.05) is 0 Å². The van der Waals surface area contributed by atoms with Crippen LogP contribution in [0.3, 0.4) is 0 Å². The lowest BCUT2D eigenvalue weighted by atomic mass is 10.1. The predicted octanol–water partition coefficient (Wildman–Crippen LogP) is 3.65. The summed E-state index contributed by atoms with van der Waals surface area (Å²) >= 11 is 3.39. The van der Waals surface area contributed by atoms with E-state index in [0.717, 1.165) is 29.7 Å². The zero-order valence-corrected chi connectivity index (χ0v) is 14.8. The molecule has 1 aromatic heterocycles. The number of pyridine rings is 1. The average molecular weight is 368 g/mol. The molecule has 1 saturated carbocycles. The maximum Gasteiger partial charge on any atom is 0.410 e. The summed E-state index contributed by atoms with van der Waals surface area (Å²) in [6.07, 6.45) is 3.71. The molecule has 2 heterocycles. The van der Waals surface area contributed by atoms with Crippen molar-refractivity contribution in [2.24, 2.45) is 5.92 Å². The molecule has 22 heavy (non-hydrogen) atoms. The molecule has 5 nitrogen and oxygen atoms in total. The van der Waals surface area contributed by atoms with Gasteiger partial charge in [-0.05, 0) is 67.6 Å². The lowest BCUT2D eigenvalue weighted by Gasteiger charge is -2.35. The van der Waals surface area contributed by atoms with Crippen LogP contribution in [0.15, 0.2) is 22.8 Å². The molecule has 1 aromatic rings. The van der Waals surface area contributed by atoms with E-state index in [1.54, 1.807) is 6.20 Å². The summed E-state index contributed by atoms with van der Waals surface area (Å²) in [5.41, 5.74) is -0.449. The van der Waals surface area contributed by atoms with Crippen LogP contribution in [0.5, 0.6) is 0 Å². The van der Waals surface area contributed by atoms with Crippen LogP contribution in [0.2, 0.25) is 0 Å². The molecule has 2 fully saturated rings. The van der Waals surface area contributed by atoms with Crippen molar-refractivity contribution >= 4 is 27.8 Å². The molecule has 1 amide bonds. The van der Waals surface area contributed by atoms with Gasteiger partial charge in [-0.2, -0.15) is 0 Å². The molecule has 120 valence electrons. The standard InChI is InChI=1S/C16H22BrN3O2/c1-16(2,3)22-15(21)20-9-10-6-12(13(20)7-10)19-14-5-4-11(17)8-18-14/h4-5,8,10,12-13H,6-7,9H2,1-3H3,(H,18,19). The van der Waals surface area contributed by atoms with Crippen LogP contribution in [0.25, 0.3) is 0 Å². The van der Waals surface area contributed by atoms with Crippen molar-refractivity contribution in [3.63, 3.8) is 0 Å². The minimum atomic E-state index is -0.449. The monoisotopic (exact) mass is 367 g/mol. The number of anilines is 1. The Morgan fingerprint density at radius 2 is 2.18 bits per heavy atom. The molecular formula is C16H22BrN3O2. The van der Waals surface area contributed by atoms with Gasteiger partial charge >= 0.3 is 6.09 Å². The van der Waals surface area contributed by atoms with E-state index >= 15 is 0 Å². The molecule has 6 heteroatoms. The lowest BCUT2D eigenvalue weighted by molar-refractivity contribution is 0.0179. The van der Waals surface area contributed by atoms with E-state index in [4.69, 9.17) is 4.74 Å². The van der Waals surface area contributed by atoms with Gasteiger partial charge < -0.3 is 15.0 Å². The summed E-state index contributed by atoms with van der Waals surface area (Å²) in [4.78, 5) is 18.6. The molecule has 3 atom stereocenters. The van der Waals surface area contributed by atoms with Crippen LogP contribution in [-0.4, -0.2) is 40.2 Å². The number of amides is 1. The first-order valence-electron chi connectivity index (χ1n) is 7.69. The zero-order chi connectivity index (χ0) is 15.9. The first kappa shape index (κ1) is 15.6. The smallest absolute Gasteiger partial charge is 0.410 e. The number of rotatable bonds is 2. The molecular weight excluding hydrogens is 346 g/mol. The Bertz CT molecular complexity index is 556. The van der Waals surface area contributed by atoms with Gasteiger partial charge in [0.2, 0.25) is 0 Å². The number of aromatic nitrogens is 1. The minimum absolute atomic E-state index is 0.199. The molecule has 1 aliphatic heterocycles. The van der Waals surface area contributed by atoms with E-state index in [9.17, 15) is 4.79 Å². The van der Waals surface area contributed by atoms with Gasteiger partial charge in [0.15, 0.2) is 0 Å². The Labute approximate surface area is 139 Å². The van der Waals surface area contributed by atoms with Gasteiger partial charge in [0.25, 0.3) is 0 Å². The summed E-state index contributed by atoms with van der Waals surface area (Å²) in [7, 11) is 0. The molecule has 1 saturated heterocycles. The first-order chi connectivity index (χ1) is 10.3. The number of nitrogens with zero attached hydrogens (tertiary/aromatic N) is 2. The lowest BCUT2D eigenvalue weighted by Crippen LogP contribution is -2.49. The number of hydrogen-bond donors (Lipinski definition) is 1. The Kier molecular flexibility index (Phi) is 4.05. The first-order valence-corrected chi connectivity index (χ1v) is 8.49. The molecule has 2 bridgehead atoms. The fraction of sp³-hybridized carbons (Fsp3) is 0.625. The second-order valence-corrected chi connectivity index (χ2v) is 8.07. The summed E-state index contributed by atoms with van der Waals surface area (Å²) < 4.78 is 6.49. The molecule has 1 N–H and O–H groups in total. The van der Waals surface area contributed by atoms with E-state index in [2.05, 4.69) is 26.2 Å². The zero-order valence-electron chi connectivity index (χ0n) is 13.2. The average Bonchev–Trinajstić information content (AvgIpc) is 2.99. The van der Waals surface area contributed by atoms with Crippen molar-refractivity contribution in [1.82, 2.24) is 9.88 Å². The topological polar surface area (TPSA) is 54.5 Å². The number of carbonyl (C=O) groups excluding carboxylic acids is 1. The third-order valence-corrected chi connectivity index (χ3v) is 4.64. The van der Waals surface area contributed by atoms with Crippen LogP contribution < -0.4 is 5.32 Å². The Hall–Kier alpha value is -1.30. The van der Waals surface area contributed by atoms with Crippen molar-refractivity contribution in [2.45, 2.75) is 51.3 Å². The summed E-state index contributed by atoms with van der Waals surface area (Å²) in [6.45, 7) is 6.52. The molecule has 3 rings (SSSR count). The predicted molar refractivity (Wildman–Crippen MR) is 88.8 cm³/mol. The third kappa shape index (κ3) is 3.37. The quantitative estimate of drug-likeness (QED) is 0.866. The molecule has 0 radical (unpaired) electrons. The summed E-state index contributed by atoms with van der Waals surface area (Å²) in [6, 6.07) is 4.37. The summed E-state index contributed by atoms with van der Waals surface area (Å²) in [5, 5.41) is 3.47. The van der Waals surface area contributed by atoms with Crippen LogP contribution in [-0.2, 0) is 4.74 Å². The largest absolute Gasteiger partial charge is 0.444 e. The van der Waals surface area contributed by atoms with Crippen LogP contribution >= 0.6 is 15.9 Å². The van der Waals surface area contributed by atoms with Crippen molar-refractivity contribution < 1.29 is 9.53 Å².